The van der Waals surface area contributed by atoms with E-state index in [0.717, 1.165) is 28.4 Å². The molecule has 1 aliphatic rings. The van der Waals surface area contributed by atoms with Gasteiger partial charge in [-0.3, -0.25) is 14.5 Å². The molecule has 3 aromatic rings. The van der Waals surface area contributed by atoms with Gasteiger partial charge in [-0.05, 0) is 49.0 Å². The molecule has 0 unspecified atom stereocenters. The van der Waals surface area contributed by atoms with Crippen LogP contribution in [0.1, 0.15) is 12.5 Å². The fourth-order valence-corrected chi connectivity index (χ4v) is 3.93. The highest BCUT2D eigenvalue weighted by Crippen LogP contribution is 2.34. The zero-order valence-electron chi connectivity index (χ0n) is 15.3. The molecule has 0 N–H and O–H groups in total. The molecule has 0 saturated carbocycles. The van der Waals surface area contributed by atoms with E-state index in [0.29, 0.717) is 11.3 Å². The first-order valence-electron chi connectivity index (χ1n) is 8.83. The molecule has 5 nitrogen and oxygen atoms in total. The number of amides is 2. The van der Waals surface area contributed by atoms with Crippen molar-refractivity contribution in [3.05, 3.63) is 76.8 Å². The summed E-state index contributed by atoms with van der Waals surface area (Å²) in [6.45, 7) is 1.99. The molecule has 1 aliphatic heterocycles. The maximum absolute atomic E-state index is 13.8. The third-order valence-electron chi connectivity index (χ3n) is 4.38. The van der Waals surface area contributed by atoms with Crippen LogP contribution in [-0.2, 0) is 4.79 Å². The van der Waals surface area contributed by atoms with Gasteiger partial charge in [-0.15, -0.1) is 0 Å². The Bertz CT molecular complexity index is 1120. The molecule has 146 valence electrons. The van der Waals surface area contributed by atoms with Gasteiger partial charge in [0.15, 0.2) is 0 Å². The lowest BCUT2D eigenvalue weighted by atomic mass is 10.1. The highest BCUT2D eigenvalue weighted by atomic mass is 32.2. The first kappa shape index (κ1) is 19.1. The number of aromatic nitrogens is 2. The summed E-state index contributed by atoms with van der Waals surface area (Å²) >= 11 is 0.830. The summed E-state index contributed by atoms with van der Waals surface area (Å²) in [7, 11) is 0. The molecule has 0 spiro atoms. The molecule has 0 atom stereocenters. The van der Waals surface area contributed by atoms with Gasteiger partial charge in [0.2, 0.25) is 0 Å². The molecule has 0 bridgehead atoms. The normalized spacial score (nSPS) is 15.6. The van der Waals surface area contributed by atoms with E-state index in [-0.39, 0.29) is 22.3 Å². The van der Waals surface area contributed by atoms with Crippen LogP contribution in [0.15, 0.2) is 59.6 Å². The summed E-state index contributed by atoms with van der Waals surface area (Å²) in [4.78, 5) is 25.8. The van der Waals surface area contributed by atoms with Crippen LogP contribution in [0.3, 0.4) is 0 Å². The van der Waals surface area contributed by atoms with E-state index < -0.39 is 17.5 Å². The largest absolute Gasteiger partial charge is 0.293 e. The molecule has 4 rings (SSSR count). The minimum Gasteiger partial charge on any atom is -0.269 e. The fraction of sp³-hybridized carbons (Fsp3) is 0.0952. The van der Waals surface area contributed by atoms with Crippen molar-refractivity contribution in [1.29, 1.82) is 0 Å². The van der Waals surface area contributed by atoms with Crippen molar-refractivity contribution in [2.45, 2.75) is 6.92 Å². The summed E-state index contributed by atoms with van der Waals surface area (Å²) in [6, 6.07) is 12.3. The second-order valence-corrected chi connectivity index (χ2v) is 7.29. The van der Waals surface area contributed by atoms with Gasteiger partial charge in [0.1, 0.15) is 17.3 Å². The quantitative estimate of drug-likeness (QED) is 0.575. The van der Waals surface area contributed by atoms with E-state index >= 15 is 0 Å². The van der Waals surface area contributed by atoms with E-state index in [1.165, 1.54) is 18.2 Å². The van der Waals surface area contributed by atoms with Crippen LogP contribution in [-0.4, -0.2) is 32.4 Å². The maximum atomic E-state index is 13.8. The monoisotopic (exact) mass is 411 g/mol. The number of carbonyl (C=O) groups is 2. The Balaban J connectivity index is 1.86. The third kappa shape index (κ3) is 3.71. The number of para-hydroxylation sites is 1. The first-order valence-corrected chi connectivity index (χ1v) is 9.65. The molecule has 1 fully saturated rings. The Hall–Kier alpha value is -3.26. The number of thioether (sulfide) groups is 1. The summed E-state index contributed by atoms with van der Waals surface area (Å²) < 4.78 is 29.1. The van der Waals surface area contributed by atoms with Crippen molar-refractivity contribution < 1.29 is 18.4 Å². The number of hydrogen-bond acceptors (Lipinski definition) is 4. The van der Waals surface area contributed by atoms with Gasteiger partial charge in [0.25, 0.3) is 11.1 Å². The zero-order valence-corrected chi connectivity index (χ0v) is 16.1. The summed E-state index contributed by atoms with van der Waals surface area (Å²) in [5, 5.41) is 4.13. The maximum Gasteiger partial charge on any atom is 0.293 e. The first-order chi connectivity index (χ1) is 14.0. The fourth-order valence-electron chi connectivity index (χ4n) is 3.03. The number of likely N-dealkylation sites (N-methyl/N-ethyl adjacent to an activating group) is 1. The lowest BCUT2D eigenvalue weighted by Gasteiger charge is -2.07. The topological polar surface area (TPSA) is 55.2 Å². The summed E-state index contributed by atoms with van der Waals surface area (Å²) in [5.74, 6) is -1.86. The lowest BCUT2D eigenvalue weighted by molar-refractivity contribution is -0.122. The zero-order chi connectivity index (χ0) is 20.5. The number of imide groups is 1. The SMILES string of the molecule is CCN1C(=O)SC(=Cc2cn(-c3ccccc3)nc2-c2cc(F)cc(F)c2)C1=O. The number of hydrogen-bond donors (Lipinski definition) is 0. The molecule has 0 radical (unpaired) electrons. The molecule has 2 heterocycles. The Morgan fingerprint density at radius 1 is 1.07 bits per heavy atom. The van der Waals surface area contributed by atoms with Crippen molar-refractivity contribution in [3.8, 4) is 16.9 Å². The number of nitrogens with zero attached hydrogens (tertiary/aromatic N) is 3. The standard InChI is InChI=1S/C21H15F2N3O2S/c1-2-25-20(27)18(29-21(25)28)10-14-12-26(17-6-4-3-5-7-17)24-19(14)13-8-15(22)11-16(23)9-13/h3-12H,2H2,1H3. The Kier molecular flexibility index (Phi) is 5.02. The summed E-state index contributed by atoms with van der Waals surface area (Å²) in [5.41, 5.74) is 1.75. The average molecular weight is 411 g/mol. The third-order valence-corrected chi connectivity index (χ3v) is 5.28. The van der Waals surface area contributed by atoms with Crippen molar-refractivity contribution in [3.63, 3.8) is 0 Å². The molecular weight excluding hydrogens is 396 g/mol. The van der Waals surface area contributed by atoms with Gasteiger partial charge in [0, 0.05) is 29.9 Å². The van der Waals surface area contributed by atoms with Crippen LogP contribution in [0.2, 0.25) is 0 Å². The van der Waals surface area contributed by atoms with Crippen molar-refractivity contribution >= 4 is 29.0 Å². The van der Waals surface area contributed by atoms with E-state index in [4.69, 9.17) is 0 Å². The molecule has 1 aromatic heterocycles. The van der Waals surface area contributed by atoms with Gasteiger partial charge in [-0.25, -0.2) is 13.5 Å². The van der Waals surface area contributed by atoms with Crippen molar-refractivity contribution in [2.24, 2.45) is 0 Å². The Morgan fingerprint density at radius 3 is 2.38 bits per heavy atom. The number of rotatable bonds is 4. The minimum atomic E-state index is -0.730. The van der Waals surface area contributed by atoms with Gasteiger partial charge < -0.3 is 0 Å². The van der Waals surface area contributed by atoms with Crippen LogP contribution in [0, 0.1) is 11.6 Å². The van der Waals surface area contributed by atoms with Crippen LogP contribution in [0.5, 0.6) is 0 Å². The minimum absolute atomic E-state index is 0.234. The average Bonchev–Trinajstić information content (AvgIpc) is 3.23. The van der Waals surface area contributed by atoms with E-state index in [9.17, 15) is 18.4 Å². The van der Waals surface area contributed by atoms with Crippen LogP contribution in [0.25, 0.3) is 23.0 Å². The number of benzene rings is 2. The van der Waals surface area contributed by atoms with E-state index in [2.05, 4.69) is 5.10 Å². The predicted molar refractivity (Wildman–Crippen MR) is 107 cm³/mol. The Morgan fingerprint density at radius 2 is 1.76 bits per heavy atom. The molecule has 0 aliphatic carbocycles. The molecule has 2 amide bonds. The van der Waals surface area contributed by atoms with Gasteiger partial charge >= 0.3 is 0 Å². The van der Waals surface area contributed by atoms with Crippen molar-refractivity contribution in [2.75, 3.05) is 6.54 Å². The molecule has 2 aromatic carbocycles. The van der Waals surface area contributed by atoms with Crippen LogP contribution < -0.4 is 0 Å². The second kappa shape index (κ2) is 7.63. The van der Waals surface area contributed by atoms with Crippen molar-refractivity contribution in [1.82, 2.24) is 14.7 Å². The molecule has 29 heavy (non-hydrogen) atoms. The predicted octanol–water partition coefficient (Wildman–Crippen LogP) is 4.87. The van der Waals surface area contributed by atoms with Gasteiger partial charge in [-0.2, -0.15) is 5.10 Å². The second-order valence-electron chi connectivity index (χ2n) is 6.30. The van der Waals surface area contributed by atoms with Crippen LogP contribution in [0.4, 0.5) is 13.6 Å². The number of halogens is 2. The lowest BCUT2D eigenvalue weighted by Crippen LogP contribution is -2.27. The van der Waals surface area contributed by atoms with E-state index in [1.54, 1.807) is 17.8 Å². The smallest absolute Gasteiger partial charge is 0.269 e. The molecular formula is C21H15F2N3O2S. The molecule has 1 saturated heterocycles. The van der Waals surface area contributed by atoms with Gasteiger partial charge in [-0.1, -0.05) is 18.2 Å². The molecule has 8 heteroatoms. The summed E-state index contributed by atoms with van der Waals surface area (Å²) in [6.07, 6.45) is 3.19. The highest BCUT2D eigenvalue weighted by Gasteiger charge is 2.34. The Labute approximate surface area is 169 Å². The van der Waals surface area contributed by atoms with Crippen LogP contribution >= 0.6 is 11.8 Å². The van der Waals surface area contributed by atoms with E-state index in [1.807, 2.05) is 30.3 Å². The van der Waals surface area contributed by atoms with Gasteiger partial charge in [0.05, 0.1) is 10.6 Å². The number of carbonyl (C=O) groups excluding carboxylic acids is 2. The highest BCUT2D eigenvalue weighted by molar-refractivity contribution is 8.18.